The maximum Gasteiger partial charge on any atom is 0.214 e. The lowest BCUT2D eigenvalue weighted by Gasteiger charge is -2.28. The van der Waals surface area contributed by atoms with Gasteiger partial charge >= 0.3 is 0 Å². The maximum atomic E-state index is 12.1. The molecule has 100 valence electrons. The Labute approximate surface area is 117 Å². The monoisotopic (exact) mass is 332 g/mol. The van der Waals surface area contributed by atoms with E-state index in [2.05, 4.69) is 20.9 Å². The number of piperidine rings is 1. The summed E-state index contributed by atoms with van der Waals surface area (Å²) in [6, 6.07) is 5.57. The molecule has 1 aliphatic rings. The summed E-state index contributed by atoms with van der Waals surface area (Å²) >= 11 is 3.53. The van der Waals surface area contributed by atoms with Crippen molar-refractivity contribution in [2.24, 2.45) is 0 Å². The number of hydrogen-bond donors (Lipinski definition) is 0. The van der Waals surface area contributed by atoms with Crippen LogP contribution in [0.2, 0.25) is 0 Å². The Morgan fingerprint density at radius 1 is 1.33 bits per heavy atom. The molecule has 4 nitrogen and oxygen atoms in total. The highest BCUT2D eigenvalue weighted by Crippen LogP contribution is 2.20. The van der Waals surface area contributed by atoms with Crippen molar-refractivity contribution in [3.63, 3.8) is 0 Å². The zero-order valence-corrected chi connectivity index (χ0v) is 12.5. The molecule has 0 radical (unpaired) electrons. The summed E-state index contributed by atoms with van der Waals surface area (Å²) in [6.07, 6.45) is 3.96. The van der Waals surface area contributed by atoms with Crippen LogP contribution >= 0.6 is 15.9 Å². The van der Waals surface area contributed by atoms with E-state index in [0.29, 0.717) is 24.3 Å². The van der Waals surface area contributed by atoms with Crippen molar-refractivity contribution in [2.75, 3.05) is 18.8 Å². The third-order valence-electron chi connectivity index (χ3n) is 3.12. The fourth-order valence-electron chi connectivity index (χ4n) is 2.01. The Hall–Kier alpha value is -0.460. The SMILES string of the molecule is O=S(=O)(CCc1ccccn1)N1CCC(Br)CC1. The molecule has 0 bridgehead atoms. The van der Waals surface area contributed by atoms with E-state index < -0.39 is 10.0 Å². The molecule has 2 heterocycles. The molecule has 18 heavy (non-hydrogen) atoms. The fourth-order valence-corrected chi connectivity index (χ4v) is 3.91. The standard InChI is InChI=1S/C12H17BrN2O2S/c13-11-4-8-15(9-5-11)18(16,17)10-6-12-3-1-2-7-14-12/h1-3,7,11H,4-6,8-10H2. The minimum Gasteiger partial charge on any atom is -0.261 e. The van der Waals surface area contributed by atoms with E-state index in [-0.39, 0.29) is 5.75 Å². The summed E-state index contributed by atoms with van der Waals surface area (Å²) < 4.78 is 25.9. The Bertz CT molecular complexity index is 470. The van der Waals surface area contributed by atoms with Gasteiger partial charge < -0.3 is 0 Å². The molecular weight excluding hydrogens is 316 g/mol. The van der Waals surface area contributed by atoms with Gasteiger partial charge in [-0.2, -0.15) is 0 Å². The Kier molecular flexibility index (Phi) is 4.75. The largest absolute Gasteiger partial charge is 0.261 e. The van der Waals surface area contributed by atoms with Crippen LogP contribution in [0.5, 0.6) is 0 Å². The van der Waals surface area contributed by atoms with Crippen LogP contribution in [-0.4, -0.2) is 41.4 Å². The maximum absolute atomic E-state index is 12.1. The molecular formula is C12H17BrN2O2S. The first kappa shape index (κ1) is 14.0. The average molecular weight is 333 g/mol. The summed E-state index contributed by atoms with van der Waals surface area (Å²) in [5.74, 6) is 0.150. The zero-order valence-electron chi connectivity index (χ0n) is 10.1. The molecule has 1 aliphatic heterocycles. The van der Waals surface area contributed by atoms with Crippen molar-refractivity contribution >= 4 is 26.0 Å². The lowest BCUT2D eigenvalue weighted by atomic mass is 10.2. The van der Waals surface area contributed by atoms with Crippen molar-refractivity contribution in [3.8, 4) is 0 Å². The lowest BCUT2D eigenvalue weighted by Crippen LogP contribution is -2.40. The molecule has 0 aromatic carbocycles. The van der Waals surface area contributed by atoms with Gasteiger partial charge in [-0.25, -0.2) is 12.7 Å². The van der Waals surface area contributed by atoms with Crippen LogP contribution in [0.1, 0.15) is 18.5 Å². The highest BCUT2D eigenvalue weighted by molar-refractivity contribution is 9.09. The van der Waals surface area contributed by atoms with Crippen molar-refractivity contribution < 1.29 is 8.42 Å². The number of nitrogens with zero attached hydrogens (tertiary/aromatic N) is 2. The molecule has 1 saturated heterocycles. The van der Waals surface area contributed by atoms with Gasteiger partial charge in [0.2, 0.25) is 10.0 Å². The molecule has 1 aromatic rings. The predicted molar refractivity (Wildman–Crippen MR) is 75.2 cm³/mol. The molecule has 0 spiro atoms. The number of pyridine rings is 1. The first-order chi connectivity index (χ1) is 8.58. The summed E-state index contributed by atoms with van der Waals surface area (Å²) in [5.41, 5.74) is 0.830. The minimum absolute atomic E-state index is 0.150. The van der Waals surface area contributed by atoms with E-state index in [4.69, 9.17) is 0 Å². The number of halogens is 1. The van der Waals surface area contributed by atoms with Crippen LogP contribution in [0.25, 0.3) is 0 Å². The highest BCUT2D eigenvalue weighted by atomic mass is 79.9. The van der Waals surface area contributed by atoms with Gasteiger partial charge in [0.25, 0.3) is 0 Å². The van der Waals surface area contributed by atoms with Gasteiger partial charge in [0.05, 0.1) is 5.75 Å². The summed E-state index contributed by atoms with van der Waals surface area (Å²) in [4.78, 5) is 4.61. The summed E-state index contributed by atoms with van der Waals surface area (Å²) in [7, 11) is -3.13. The molecule has 0 atom stereocenters. The zero-order chi connectivity index (χ0) is 13.0. The molecule has 2 rings (SSSR count). The normalized spacial score (nSPS) is 18.9. The second kappa shape index (κ2) is 6.12. The van der Waals surface area contributed by atoms with Crippen LogP contribution in [0, 0.1) is 0 Å². The number of alkyl halides is 1. The fraction of sp³-hybridized carbons (Fsp3) is 0.583. The van der Waals surface area contributed by atoms with Crippen molar-refractivity contribution in [1.29, 1.82) is 0 Å². The second-order valence-electron chi connectivity index (χ2n) is 4.46. The van der Waals surface area contributed by atoms with Gasteiger partial charge in [-0.3, -0.25) is 4.98 Å². The summed E-state index contributed by atoms with van der Waals surface area (Å²) in [5, 5.41) is 0. The highest BCUT2D eigenvalue weighted by Gasteiger charge is 2.26. The molecule has 0 amide bonds. The predicted octanol–water partition coefficient (Wildman–Crippen LogP) is 1.81. The molecule has 6 heteroatoms. The van der Waals surface area contributed by atoms with Crippen molar-refractivity contribution in [2.45, 2.75) is 24.1 Å². The molecule has 1 aromatic heterocycles. The molecule has 0 aliphatic carbocycles. The van der Waals surface area contributed by atoms with Crippen LogP contribution in [-0.2, 0) is 16.4 Å². The topological polar surface area (TPSA) is 50.3 Å². The van der Waals surface area contributed by atoms with Crippen molar-refractivity contribution in [3.05, 3.63) is 30.1 Å². The number of rotatable bonds is 4. The van der Waals surface area contributed by atoms with E-state index in [0.717, 1.165) is 18.5 Å². The first-order valence-corrected chi connectivity index (χ1v) is 8.62. The Balaban J connectivity index is 1.91. The molecule has 1 fully saturated rings. The Morgan fingerprint density at radius 2 is 2.06 bits per heavy atom. The van der Waals surface area contributed by atoms with Crippen LogP contribution < -0.4 is 0 Å². The van der Waals surface area contributed by atoms with Gasteiger partial charge in [-0.05, 0) is 25.0 Å². The third-order valence-corrected chi connectivity index (χ3v) is 5.91. The Morgan fingerprint density at radius 3 is 2.67 bits per heavy atom. The van der Waals surface area contributed by atoms with E-state index in [1.165, 1.54) is 0 Å². The van der Waals surface area contributed by atoms with Gasteiger partial charge in [0, 0.05) is 36.2 Å². The third kappa shape index (κ3) is 3.76. The van der Waals surface area contributed by atoms with E-state index in [1.807, 2.05) is 18.2 Å². The quantitative estimate of drug-likeness (QED) is 0.790. The van der Waals surface area contributed by atoms with Gasteiger partial charge in [-0.1, -0.05) is 22.0 Å². The smallest absolute Gasteiger partial charge is 0.214 e. The lowest BCUT2D eigenvalue weighted by molar-refractivity contribution is 0.354. The number of aromatic nitrogens is 1. The van der Waals surface area contributed by atoms with Crippen LogP contribution in [0.3, 0.4) is 0 Å². The van der Waals surface area contributed by atoms with Crippen LogP contribution in [0.15, 0.2) is 24.4 Å². The number of sulfonamides is 1. The van der Waals surface area contributed by atoms with E-state index in [9.17, 15) is 8.42 Å². The molecule has 0 unspecified atom stereocenters. The average Bonchev–Trinajstić information content (AvgIpc) is 2.38. The molecule has 0 N–H and O–H groups in total. The van der Waals surface area contributed by atoms with Gasteiger partial charge in [-0.15, -0.1) is 0 Å². The second-order valence-corrected chi connectivity index (χ2v) is 7.84. The van der Waals surface area contributed by atoms with Crippen LogP contribution in [0.4, 0.5) is 0 Å². The van der Waals surface area contributed by atoms with E-state index >= 15 is 0 Å². The first-order valence-electron chi connectivity index (χ1n) is 6.10. The van der Waals surface area contributed by atoms with Gasteiger partial charge in [0.1, 0.15) is 0 Å². The van der Waals surface area contributed by atoms with Gasteiger partial charge in [0.15, 0.2) is 0 Å². The summed E-state index contributed by atoms with van der Waals surface area (Å²) in [6.45, 7) is 1.25. The number of aryl methyl sites for hydroxylation is 1. The minimum atomic E-state index is -3.13. The van der Waals surface area contributed by atoms with Crippen molar-refractivity contribution in [1.82, 2.24) is 9.29 Å². The van der Waals surface area contributed by atoms with E-state index in [1.54, 1.807) is 10.5 Å². The number of hydrogen-bond acceptors (Lipinski definition) is 3. The molecule has 0 saturated carbocycles.